The van der Waals surface area contributed by atoms with Crippen molar-refractivity contribution >= 4 is 5.91 Å². The minimum atomic E-state index is -0.458. The highest BCUT2D eigenvalue weighted by molar-refractivity contribution is 5.77. The van der Waals surface area contributed by atoms with Gasteiger partial charge in [-0.1, -0.05) is 12.1 Å². The number of ether oxygens (including phenoxy) is 1. The highest BCUT2D eigenvalue weighted by Gasteiger charge is 2.15. The van der Waals surface area contributed by atoms with E-state index in [1.807, 2.05) is 34.6 Å². The van der Waals surface area contributed by atoms with Crippen LogP contribution in [-0.2, 0) is 11.3 Å². The Morgan fingerprint density at radius 1 is 1.33 bits per heavy atom. The second-order valence-corrected chi connectivity index (χ2v) is 6.34. The topological polar surface area (TPSA) is 50.4 Å². The molecule has 0 heterocycles. The van der Waals surface area contributed by atoms with Gasteiger partial charge in [-0.2, -0.15) is 0 Å². The summed E-state index contributed by atoms with van der Waals surface area (Å²) in [5.41, 5.74) is 0.612. The van der Waals surface area contributed by atoms with Crippen LogP contribution >= 0.6 is 0 Å². The van der Waals surface area contributed by atoms with Crippen LogP contribution in [0.1, 0.15) is 40.2 Å². The molecule has 118 valence electrons. The molecule has 0 aliphatic rings. The lowest BCUT2D eigenvalue weighted by Crippen LogP contribution is -2.36. The van der Waals surface area contributed by atoms with E-state index >= 15 is 0 Å². The second kappa shape index (κ2) is 7.41. The molecular weight excluding hydrogens is 271 g/mol. The smallest absolute Gasteiger partial charge is 0.258 e. The minimum absolute atomic E-state index is 0.0312. The molecule has 0 atom stereocenters. The predicted molar refractivity (Wildman–Crippen MR) is 81.8 cm³/mol. The number of hydrogen-bond acceptors (Lipinski definition) is 3. The molecule has 0 saturated carbocycles. The molecule has 0 aromatic heterocycles. The monoisotopic (exact) mass is 296 g/mol. The fourth-order valence-corrected chi connectivity index (χ4v) is 1.72. The molecule has 4 nitrogen and oxygen atoms in total. The van der Waals surface area contributed by atoms with Gasteiger partial charge in [-0.15, -0.1) is 0 Å². The third-order valence-electron chi connectivity index (χ3n) is 2.65. The van der Waals surface area contributed by atoms with Gasteiger partial charge in [-0.25, -0.2) is 4.39 Å². The Bertz CT molecular complexity index is 482. The summed E-state index contributed by atoms with van der Waals surface area (Å²) in [5, 5.41) is 5.98. The summed E-state index contributed by atoms with van der Waals surface area (Å²) in [5.74, 6) is -0.586. The number of benzene rings is 1. The Morgan fingerprint density at radius 2 is 2.00 bits per heavy atom. The summed E-state index contributed by atoms with van der Waals surface area (Å²) >= 11 is 0. The molecule has 0 spiro atoms. The first-order valence-corrected chi connectivity index (χ1v) is 7.13. The molecular formula is C16H25FN2O2. The molecule has 1 rings (SSSR count). The first-order valence-electron chi connectivity index (χ1n) is 7.13. The lowest BCUT2D eigenvalue weighted by Gasteiger charge is -2.22. The zero-order chi connectivity index (χ0) is 16.0. The maximum absolute atomic E-state index is 13.9. The van der Waals surface area contributed by atoms with Gasteiger partial charge in [0, 0.05) is 23.7 Å². The Morgan fingerprint density at radius 3 is 2.57 bits per heavy atom. The third-order valence-corrected chi connectivity index (χ3v) is 2.65. The molecule has 1 amide bonds. The zero-order valence-corrected chi connectivity index (χ0v) is 13.4. The van der Waals surface area contributed by atoms with E-state index in [-0.39, 0.29) is 29.8 Å². The molecule has 0 radical (unpaired) electrons. The van der Waals surface area contributed by atoms with E-state index in [4.69, 9.17) is 4.74 Å². The van der Waals surface area contributed by atoms with Gasteiger partial charge in [0.2, 0.25) is 0 Å². The summed E-state index contributed by atoms with van der Waals surface area (Å²) in [4.78, 5) is 11.6. The number of nitrogens with one attached hydrogen (secondary N) is 2. The van der Waals surface area contributed by atoms with Crippen molar-refractivity contribution in [3.63, 3.8) is 0 Å². The molecule has 21 heavy (non-hydrogen) atoms. The predicted octanol–water partition coefficient (Wildman–Crippen LogP) is 2.62. The highest BCUT2D eigenvalue weighted by atomic mass is 19.1. The fourth-order valence-electron chi connectivity index (χ4n) is 1.72. The van der Waals surface area contributed by atoms with Crippen molar-refractivity contribution in [1.82, 2.24) is 10.6 Å². The average molecular weight is 296 g/mol. The molecule has 5 heteroatoms. The van der Waals surface area contributed by atoms with E-state index in [1.54, 1.807) is 12.1 Å². The van der Waals surface area contributed by atoms with Crippen molar-refractivity contribution in [2.75, 3.05) is 6.61 Å². The molecule has 0 aliphatic heterocycles. The van der Waals surface area contributed by atoms with Crippen molar-refractivity contribution in [3.05, 3.63) is 29.6 Å². The van der Waals surface area contributed by atoms with E-state index in [0.717, 1.165) is 0 Å². The van der Waals surface area contributed by atoms with Crippen LogP contribution in [0.15, 0.2) is 18.2 Å². The van der Waals surface area contributed by atoms with Gasteiger partial charge in [0.1, 0.15) is 0 Å². The molecule has 0 bridgehead atoms. The maximum Gasteiger partial charge on any atom is 0.258 e. The minimum Gasteiger partial charge on any atom is -0.480 e. The van der Waals surface area contributed by atoms with Gasteiger partial charge in [0.25, 0.3) is 5.91 Å². The van der Waals surface area contributed by atoms with Crippen molar-refractivity contribution in [2.24, 2.45) is 0 Å². The lowest BCUT2D eigenvalue weighted by molar-refractivity contribution is -0.123. The molecule has 0 aliphatic carbocycles. The molecule has 1 aromatic rings. The molecule has 2 N–H and O–H groups in total. The number of para-hydroxylation sites is 1. The number of hydrogen-bond donors (Lipinski definition) is 2. The molecule has 0 fully saturated rings. The van der Waals surface area contributed by atoms with Crippen LogP contribution in [0.4, 0.5) is 4.39 Å². The average Bonchev–Trinajstić information content (AvgIpc) is 2.33. The van der Waals surface area contributed by atoms with E-state index < -0.39 is 5.82 Å². The Balaban J connectivity index is 2.74. The van der Waals surface area contributed by atoms with E-state index in [1.165, 1.54) is 6.07 Å². The van der Waals surface area contributed by atoms with Crippen molar-refractivity contribution in [1.29, 1.82) is 0 Å². The maximum atomic E-state index is 13.9. The van der Waals surface area contributed by atoms with Crippen LogP contribution in [0.5, 0.6) is 5.75 Å². The summed E-state index contributed by atoms with van der Waals surface area (Å²) in [7, 11) is 0. The standard InChI is InChI=1S/C16H25FN2O2/c1-11(2)19-14(20)10-21-15-12(7-6-8-13(15)17)9-18-16(3,4)5/h6-8,11,18H,9-10H2,1-5H3,(H,19,20). The quantitative estimate of drug-likeness (QED) is 0.848. The summed E-state index contributed by atoms with van der Waals surface area (Å²) in [6.45, 7) is 10.1. The van der Waals surface area contributed by atoms with E-state index in [9.17, 15) is 9.18 Å². The first kappa shape index (κ1) is 17.4. The molecule has 1 aromatic carbocycles. The first-order chi connectivity index (χ1) is 9.69. The van der Waals surface area contributed by atoms with E-state index in [2.05, 4.69) is 10.6 Å². The number of halogens is 1. The highest BCUT2D eigenvalue weighted by Crippen LogP contribution is 2.23. The third kappa shape index (κ3) is 6.58. The Kier molecular flexibility index (Phi) is 6.15. The van der Waals surface area contributed by atoms with Crippen LogP contribution in [0, 0.1) is 5.82 Å². The van der Waals surface area contributed by atoms with Gasteiger partial charge >= 0.3 is 0 Å². The number of carbonyl (C=O) groups is 1. The number of rotatable bonds is 6. The summed E-state index contributed by atoms with van der Waals surface area (Å²) in [6, 6.07) is 4.79. The van der Waals surface area contributed by atoms with Crippen molar-refractivity contribution < 1.29 is 13.9 Å². The SMILES string of the molecule is CC(C)NC(=O)COc1c(F)cccc1CNC(C)(C)C. The van der Waals surface area contributed by atoms with Gasteiger partial charge in [-0.05, 0) is 40.7 Å². The summed E-state index contributed by atoms with van der Waals surface area (Å²) in [6.07, 6.45) is 0. The van der Waals surface area contributed by atoms with Gasteiger partial charge in [0.15, 0.2) is 18.2 Å². The zero-order valence-electron chi connectivity index (χ0n) is 13.4. The van der Waals surface area contributed by atoms with Gasteiger partial charge < -0.3 is 15.4 Å². The Labute approximate surface area is 126 Å². The van der Waals surface area contributed by atoms with Crippen LogP contribution in [-0.4, -0.2) is 24.1 Å². The van der Waals surface area contributed by atoms with E-state index in [0.29, 0.717) is 12.1 Å². The summed E-state index contributed by atoms with van der Waals surface area (Å²) < 4.78 is 19.3. The number of carbonyl (C=O) groups excluding carboxylic acids is 1. The van der Waals surface area contributed by atoms with Gasteiger partial charge in [0.05, 0.1) is 0 Å². The van der Waals surface area contributed by atoms with Crippen LogP contribution in [0.2, 0.25) is 0 Å². The van der Waals surface area contributed by atoms with Crippen LogP contribution < -0.4 is 15.4 Å². The lowest BCUT2D eigenvalue weighted by atomic mass is 10.1. The molecule has 0 unspecified atom stereocenters. The fraction of sp³-hybridized carbons (Fsp3) is 0.562. The number of amides is 1. The second-order valence-electron chi connectivity index (χ2n) is 6.34. The van der Waals surface area contributed by atoms with Crippen LogP contribution in [0.25, 0.3) is 0 Å². The molecule has 0 saturated heterocycles. The van der Waals surface area contributed by atoms with Crippen LogP contribution in [0.3, 0.4) is 0 Å². The largest absolute Gasteiger partial charge is 0.480 e. The normalized spacial score (nSPS) is 11.6. The van der Waals surface area contributed by atoms with Crippen molar-refractivity contribution in [3.8, 4) is 5.75 Å². The van der Waals surface area contributed by atoms with Gasteiger partial charge in [-0.3, -0.25) is 4.79 Å². The van der Waals surface area contributed by atoms with Crippen molar-refractivity contribution in [2.45, 2.75) is 52.7 Å². The Hall–Kier alpha value is -1.62.